The molecule has 63 heavy (non-hydrogen) atoms. The van der Waals surface area contributed by atoms with Crippen LogP contribution in [0.25, 0.3) is 94.5 Å². The summed E-state index contributed by atoms with van der Waals surface area (Å²) in [6, 6.07) is 84.5. The van der Waals surface area contributed by atoms with Crippen molar-refractivity contribution in [1.82, 2.24) is 9.55 Å². The topological polar surface area (TPSA) is 29.9 Å². The zero-order valence-electron chi connectivity index (χ0n) is 34.9. The van der Waals surface area contributed by atoms with E-state index in [1.165, 1.54) is 38.5 Å². The summed E-state index contributed by atoms with van der Waals surface area (Å²) in [5.41, 5.74) is 20.1. The molecule has 0 aliphatic carbocycles. The molecule has 11 aromatic rings. The third-order valence-corrected chi connectivity index (χ3v) is 12.1. The molecule has 1 N–H and O–H groups in total. The van der Waals surface area contributed by atoms with Gasteiger partial charge in [0.1, 0.15) is 0 Å². The summed E-state index contributed by atoms with van der Waals surface area (Å²) < 4.78 is 2.38. The van der Waals surface area contributed by atoms with Crippen molar-refractivity contribution in [3.05, 3.63) is 242 Å². The van der Waals surface area contributed by atoms with Gasteiger partial charge in [-0.3, -0.25) is 0 Å². The highest BCUT2D eigenvalue weighted by molar-refractivity contribution is 6.09. The third kappa shape index (κ3) is 7.36. The Labute approximate surface area is 368 Å². The van der Waals surface area contributed by atoms with Crippen molar-refractivity contribution >= 4 is 33.2 Å². The van der Waals surface area contributed by atoms with Crippen LogP contribution in [-0.4, -0.2) is 9.55 Å². The summed E-state index contributed by atoms with van der Waals surface area (Å²) in [5.74, 6) is 0. The van der Waals surface area contributed by atoms with Crippen molar-refractivity contribution in [2.24, 2.45) is 0 Å². The van der Waals surface area contributed by atoms with E-state index in [4.69, 9.17) is 4.98 Å². The lowest BCUT2D eigenvalue weighted by Crippen LogP contribution is -1.95. The van der Waals surface area contributed by atoms with E-state index in [9.17, 15) is 0 Å². The lowest BCUT2D eigenvalue weighted by Gasteiger charge is -2.15. The first-order chi connectivity index (χ1) is 31.1. The maximum atomic E-state index is 5.40. The van der Waals surface area contributed by atoms with Crippen LogP contribution in [0.2, 0.25) is 0 Å². The maximum Gasteiger partial charge on any atom is 0.0715 e. The number of aromatic nitrogens is 2. The molecule has 2 heterocycles. The summed E-state index contributed by atoms with van der Waals surface area (Å²) in [6.07, 6.45) is 0. The number of fused-ring (bicyclic) bond motifs is 3. The number of nitrogens with zero attached hydrogens (tertiary/aromatic N) is 2. The summed E-state index contributed by atoms with van der Waals surface area (Å²) in [5, 5.41) is 6.25. The van der Waals surface area contributed by atoms with Gasteiger partial charge < -0.3 is 9.88 Å². The zero-order valence-corrected chi connectivity index (χ0v) is 34.9. The van der Waals surface area contributed by atoms with Gasteiger partial charge in [0.2, 0.25) is 0 Å². The quantitative estimate of drug-likeness (QED) is 0.157. The minimum absolute atomic E-state index is 0.924. The molecule has 2 aromatic heterocycles. The van der Waals surface area contributed by atoms with E-state index >= 15 is 0 Å². The Balaban J connectivity index is 0.951. The monoisotopic (exact) mass is 805 g/mol. The molecule has 0 radical (unpaired) electrons. The smallest absolute Gasteiger partial charge is 0.0715 e. The first-order valence-electron chi connectivity index (χ1n) is 21.5. The van der Waals surface area contributed by atoms with Crippen molar-refractivity contribution in [3.63, 3.8) is 0 Å². The fourth-order valence-electron chi connectivity index (χ4n) is 9.00. The van der Waals surface area contributed by atoms with Crippen LogP contribution in [0.4, 0.5) is 11.4 Å². The number of hydrogen-bond donors (Lipinski definition) is 1. The molecule has 0 aliphatic rings. The second-order valence-electron chi connectivity index (χ2n) is 16.1. The Morgan fingerprint density at radius 3 is 1.51 bits per heavy atom. The number of para-hydroxylation sites is 3. The standard InChI is InChI=1S/C60H43N3/c1-41-17-5-6-28-52(41)53-29-7-10-32-56(53)61-50-26-15-22-45(37-50)43-20-13-24-47(35-43)57-39-49(42-18-3-2-4-19-42)40-58(62-57)48-25-14-21-44(36-48)46-23-16-27-51(38-46)63-59-33-11-8-30-54(59)55-31-9-12-34-60(55)63/h2-40,61H,1H3. The molecular formula is C60H43N3. The maximum absolute atomic E-state index is 5.40. The van der Waals surface area contributed by atoms with Crippen LogP contribution in [0.5, 0.6) is 0 Å². The van der Waals surface area contributed by atoms with Crippen molar-refractivity contribution in [1.29, 1.82) is 0 Å². The van der Waals surface area contributed by atoms with E-state index in [0.717, 1.165) is 73.0 Å². The van der Waals surface area contributed by atoms with Gasteiger partial charge in [0.05, 0.1) is 22.4 Å². The van der Waals surface area contributed by atoms with E-state index < -0.39 is 0 Å². The number of hydrogen-bond acceptors (Lipinski definition) is 2. The molecule has 9 aromatic carbocycles. The van der Waals surface area contributed by atoms with Crippen LogP contribution in [0.3, 0.4) is 0 Å². The van der Waals surface area contributed by atoms with Crippen LogP contribution < -0.4 is 5.32 Å². The van der Waals surface area contributed by atoms with Crippen LogP contribution in [0.1, 0.15) is 5.56 Å². The Morgan fingerprint density at radius 2 is 0.841 bits per heavy atom. The van der Waals surface area contributed by atoms with Gasteiger partial charge in [-0.25, -0.2) is 4.98 Å². The predicted molar refractivity (Wildman–Crippen MR) is 266 cm³/mol. The summed E-state index contributed by atoms with van der Waals surface area (Å²) in [4.78, 5) is 5.40. The van der Waals surface area contributed by atoms with Crippen LogP contribution in [-0.2, 0) is 0 Å². The normalized spacial score (nSPS) is 11.3. The van der Waals surface area contributed by atoms with Gasteiger partial charge in [-0.1, -0.05) is 170 Å². The number of aryl methyl sites for hydroxylation is 1. The minimum atomic E-state index is 0.924. The number of nitrogens with one attached hydrogen (secondary N) is 1. The zero-order chi connectivity index (χ0) is 42.1. The predicted octanol–water partition coefficient (Wildman–Crippen LogP) is 16.2. The molecule has 0 bridgehead atoms. The molecule has 0 aliphatic heterocycles. The van der Waals surface area contributed by atoms with E-state index in [1.807, 2.05) is 0 Å². The van der Waals surface area contributed by atoms with E-state index in [1.54, 1.807) is 0 Å². The van der Waals surface area contributed by atoms with Gasteiger partial charge in [0.15, 0.2) is 0 Å². The van der Waals surface area contributed by atoms with Crippen molar-refractivity contribution < 1.29 is 0 Å². The molecule has 0 amide bonds. The Morgan fingerprint density at radius 1 is 0.349 bits per heavy atom. The van der Waals surface area contributed by atoms with Gasteiger partial charge in [-0.2, -0.15) is 0 Å². The van der Waals surface area contributed by atoms with Crippen LogP contribution in [0, 0.1) is 6.92 Å². The number of anilines is 2. The highest BCUT2D eigenvalue weighted by atomic mass is 15.0. The highest BCUT2D eigenvalue weighted by Gasteiger charge is 2.15. The molecule has 3 heteroatoms. The van der Waals surface area contributed by atoms with Gasteiger partial charge in [-0.05, 0) is 118 Å². The van der Waals surface area contributed by atoms with Crippen LogP contribution >= 0.6 is 0 Å². The number of benzene rings is 9. The molecule has 11 rings (SSSR count). The first kappa shape index (κ1) is 37.7. The van der Waals surface area contributed by atoms with Gasteiger partial charge in [0, 0.05) is 44.5 Å². The number of rotatable bonds is 9. The largest absolute Gasteiger partial charge is 0.355 e. The molecule has 0 saturated carbocycles. The lowest BCUT2D eigenvalue weighted by atomic mass is 9.96. The summed E-state index contributed by atoms with van der Waals surface area (Å²) in [7, 11) is 0. The lowest BCUT2D eigenvalue weighted by molar-refractivity contribution is 1.18. The summed E-state index contributed by atoms with van der Waals surface area (Å²) >= 11 is 0. The SMILES string of the molecule is Cc1ccccc1-c1ccccc1Nc1cccc(-c2cccc(-c3cc(-c4ccccc4)cc(-c4cccc(-c5cccc(-n6c7ccccc7c7ccccc76)c5)c4)n3)c2)c1. The molecule has 0 unspecified atom stereocenters. The Bertz CT molecular complexity index is 3400. The van der Waals surface area contributed by atoms with Gasteiger partial charge >= 0.3 is 0 Å². The Hall–Kier alpha value is -8.27. The second kappa shape index (κ2) is 16.3. The molecule has 298 valence electrons. The molecule has 0 atom stereocenters. The van der Waals surface area contributed by atoms with Gasteiger partial charge in [0.25, 0.3) is 0 Å². The Kier molecular flexibility index (Phi) is 9.76. The van der Waals surface area contributed by atoms with E-state index in [-0.39, 0.29) is 0 Å². The molecule has 0 saturated heterocycles. The van der Waals surface area contributed by atoms with Crippen molar-refractivity contribution in [2.45, 2.75) is 6.92 Å². The molecular weight excluding hydrogens is 763 g/mol. The van der Waals surface area contributed by atoms with E-state index in [2.05, 4.69) is 253 Å². The molecule has 0 spiro atoms. The average molecular weight is 806 g/mol. The fourth-order valence-corrected chi connectivity index (χ4v) is 9.00. The molecule has 0 fully saturated rings. The van der Waals surface area contributed by atoms with Gasteiger partial charge in [-0.15, -0.1) is 0 Å². The average Bonchev–Trinajstić information content (AvgIpc) is 3.69. The van der Waals surface area contributed by atoms with Crippen LogP contribution in [0.15, 0.2) is 237 Å². The second-order valence-corrected chi connectivity index (χ2v) is 16.1. The first-order valence-corrected chi connectivity index (χ1v) is 21.5. The van der Waals surface area contributed by atoms with Crippen molar-refractivity contribution in [3.8, 4) is 72.7 Å². The molecule has 3 nitrogen and oxygen atoms in total. The van der Waals surface area contributed by atoms with Crippen molar-refractivity contribution in [2.75, 3.05) is 5.32 Å². The summed E-state index contributed by atoms with van der Waals surface area (Å²) in [6.45, 7) is 2.16. The minimum Gasteiger partial charge on any atom is -0.355 e. The number of pyridine rings is 1. The fraction of sp³-hybridized carbons (Fsp3) is 0.0167. The highest BCUT2D eigenvalue weighted by Crippen LogP contribution is 2.37. The van der Waals surface area contributed by atoms with E-state index in [0.29, 0.717) is 0 Å². The third-order valence-electron chi connectivity index (χ3n) is 12.1.